The molecular weight excluding hydrogens is 222 g/mol. The zero-order chi connectivity index (χ0) is 13.1. The third kappa shape index (κ3) is 2.77. The summed E-state index contributed by atoms with van der Waals surface area (Å²) in [5.74, 6) is 0. The van der Waals surface area contributed by atoms with Gasteiger partial charge in [-0.05, 0) is 49.1 Å². The molecule has 1 aromatic carbocycles. The maximum Gasteiger partial charge on any atom is 0.0836 e. The fraction of sp³-hybridized carbons (Fsp3) is 0.312. The molecule has 0 aliphatic carbocycles. The molecule has 1 heterocycles. The molecule has 1 N–H and O–H groups in total. The van der Waals surface area contributed by atoms with Gasteiger partial charge in [-0.2, -0.15) is 0 Å². The maximum absolute atomic E-state index is 10.4. The van der Waals surface area contributed by atoms with Crippen LogP contribution < -0.4 is 0 Å². The molecule has 0 spiro atoms. The van der Waals surface area contributed by atoms with Crippen LogP contribution in [-0.4, -0.2) is 10.1 Å². The Kier molecular flexibility index (Phi) is 3.78. The topological polar surface area (TPSA) is 33.1 Å². The fourth-order valence-electron chi connectivity index (χ4n) is 2.56. The molecule has 1 unspecified atom stereocenters. The Morgan fingerprint density at radius 2 is 1.83 bits per heavy atom. The van der Waals surface area contributed by atoms with Crippen molar-refractivity contribution >= 4 is 0 Å². The number of benzene rings is 1. The van der Waals surface area contributed by atoms with Crippen molar-refractivity contribution in [1.29, 1.82) is 0 Å². The molecule has 2 nitrogen and oxygen atoms in total. The van der Waals surface area contributed by atoms with Crippen LogP contribution in [0.15, 0.2) is 36.7 Å². The lowest BCUT2D eigenvalue weighted by molar-refractivity contribution is 0.177. The van der Waals surface area contributed by atoms with Crippen molar-refractivity contribution in [2.75, 3.05) is 0 Å². The number of nitrogens with zero attached hydrogens (tertiary/aromatic N) is 1. The first-order valence-corrected chi connectivity index (χ1v) is 6.22. The van der Waals surface area contributed by atoms with E-state index in [1.54, 1.807) is 6.20 Å². The van der Waals surface area contributed by atoms with E-state index in [1.165, 1.54) is 5.56 Å². The van der Waals surface area contributed by atoms with Gasteiger partial charge < -0.3 is 5.11 Å². The lowest BCUT2D eigenvalue weighted by Crippen LogP contribution is -2.06. The summed E-state index contributed by atoms with van der Waals surface area (Å²) in [6.45, 7) is 6.20. The summed E-state index contributed by atoms with van der Waals surface area (Å²) < 4.78 is 0. The summed E-state index contributed by atoms with van der Waals surface area (Å²) in [6, 6.07) is 8.13. The van der Waals surface area contributed by atoms with Crippen LogP contribution in [0.25, 0.3) is 0 Å². The quantitative estimate of drug-likeness (QED) is 0.894. The summed E-state index contributed by atoms with van der Waals surface area (Å²) in [5, 5.41) is 10.4. The van der Waals surface area contributed by atoms with Crippen LogP contribution in [0.5, 0.6) is 0 Å². The summed E-state index contributed by atoms with van der Waals surface area (Å²) >= 11 is 0. The Morgan fingerprint density at radius 3 is 2.39 bits per heavy atom. The first-order chi connectivity index (χ1) is 8.58. The van der Waals surface area contributed by atoms with Crippen LogP contribution in [0.2, 0.25) is 0 Å². The van der Waals surface area contributed by atoms with Crippen molar-refractivity contribution in [2.45, 2.75) is 33.3 Å². The molecule has 0 amide bonds. The molecule has 0 aliphatic rings. The highest BCUT2D eigenvalue weighted by Gasteiger charge is 2.14. The van der Waals surface area contributed by atoms with E-state index >= 15 is 0 Å². The van der Waals surface area contributed by atoms with E-state index in [2.05, 4.69) is 37.9 Å². The van der Waals surface area contributed by atoms with Crippen LogP contribution >= 0.6 is 0 Å². The van der Waals surface area contributed by atoms with Gasteiger partial charge in [0.15, 0.2) is 0 Å². The van der Waals surface area contributed by atoms with E-state index in [1.807, 2.05) is 18.3 Å². The largest absolute Gasteiger partial charge is 0.388 e. The lowest BCUT2D eigenvalue weighted by Gasteiger charge is -2.17. The third-order valence-corrected chi connectivity index (χ3v) is 3.22. The second-order valence-electron chi connectivity index (χ2n) is 4.89. The van der Waals surface area contributed by atoms with E-state index in [-0.39, 0.29) is 0 Å². The number of hydrogen-bond donors (Lipinski definition) is 1. The van der Waals surface area contributed by atoms with Crippen LogP contribution in [0, 0.1) is 20.8 Å². The molecule has 0 saturated carbocycles. The molecule has 2 rings (SSSR count). The summed E-state index contributed by atoms with van der Waals surface area (Å²) in [5.41, 5.74) is 5.66. The van der Waals surface area contributed by atoms with Crippen LogP contribution in [0.4, 0.5) is 0 Å². The van der Waals surface area contributed by atoms with Crippen LogP contribution in [0.1, 0.15) is 33.9 Å². The van der Waals surface area contributed by atoms with Crippen molar-refractivity contribution in [3.63, 3.8) is 0 Å². The van der Waals surface area contributed by atoms with Gasteiger partial charge in [0.1, 0.15) is 0 Å². The van der Waals surface area contributed by atoms with Crippen molar-refractivity contribution in [3.05, 3.63) is 64.5 Å². The van der Waals surface area contributed by atoms with Gasteiger partial charge in [0, 0.05) is 18.8 Å². The molecule has 2 aromatic rings. The molecule has 94 valence electrons. The minimum atomic E-state index is -0.463. The molecule has 0 radical (unpaired) electrons. The van der Waals surface area contributed by atoms with Crippen molar-refractivity contribution in [2.24, 2.45) is 0 Å². The number of hydrogen-bond acceptors (Lipinski definition) is 2. The molecule has 2 heteroatoms. The zero-order valence-corrected chi connectivity index (χ0v) is 11.1. The highest BCUT2D eigenvalue weighted by Crippen LogP contribution is 2.26. The van der Waals surface area contributed by atoms with Gasteiger partial charge >= 0.3 is 0 Å². The third-order valence-electron chi connectivity index (χ3n) is 3.22. The minimum Gasteiger partial charge on any atom is -0.388 e. The van der Waals surface area contributed by atoms with Gasteiger partial charge in [-0.15, -0.1) is 0 Å². The van der Waals surface area contributed by atoms with Crippen LogP contribution in [-0.2, 0) is 6.42 Å². The second-order valence-corrected chi connectivity index (χ2v) is 4.89. The predicted molar refractivity (Wildman–Crippen MR) is 73.6 cm³/mol. The monoisotopic (exact) mass is 241 g/mol. The van der Waals surface area contributed by atoms with Gasteiger partial charge in [0.2, 0.25) is 0 Å². The number of aliphatic hydroxyl groups is 1. The first kappa shape index (κ1) is 12.8. The second kappa shape index (κ2) is 5.32. The Morgan fingerprint density at radius 1 is 1.17 bits per heavy atom. The van der Waals surface area contributed by atoms with Gasteiger partial charge in [-0.3, -0.25) is 4.98 Å². The summed E-state index contributed by atoms with van der Waals surface area (Å²) in [4.78, 5) is 4.08. The normalized spacial score (nSPS) is 12.4. The highest BCUT2D eigenvalue weighted by molar-refractivity contribution is 5.39. The highest BCUT2D eigenvalue weighted by atomic mass is 16.3. The van der Waals surface area contributed by atoms with E-state index < -0.39 is 6.10 Å². The average Bonchev–Trinajstić information content (AvgIpc) is 2.28. The van der Waals surface area contributed by atoms with Gasteiger partial charge in [0.25, 0.3) is 0 Å². The summed E-state index contributed by atoms with van der Waals surface area (Å²) in [6.07, 6.45) is 3.70. The zero-order valence-electron chi connectivity index (χ0n) is 11.1. The molecule has 0 fully saturated rings. The lowest BCUT2D eigenvalue weighted by atomic mass is 9.93. The smallest absolute Gasteiger partial charge is 0.0836 e. The predicted octanol–water partition coefficient (Wildman–Crippen LogP) is 3.28. The minimum absolute atomic E-state index is 0.463. The van der Waals surface area contributed by atoms with E-state index in [4.69, 9.17) is 0 Å². The molecule has 0 aliphatic heterocycles. The molecule has 0 bridgehead atoms. The average molecular weight is 241 g/mol. The number of aromatic nitrogens is 1. The number of aryl methyl sites for hydroxylation is 3. The van der Waals surface area contributed by atoms with Crippen molar-refractivity contribution < 1.29 is 5.11 Å². The molecule has 1 atom stereocenters. The molecule has 18 heavy (non-hydrogen) atoms. The standard InChI is InChI=1S/C16H19NO/c1-11-7-12(2)16(13(3)8-11)15(18)9-14-5-4-6-17-10-14/h4-8,10,15,18H,9H2,1-3H3. The molecule has 1 aromatic heterocycles. The SMILES string of the molecule is Cc1cc(C)c(C(O)Cc2cccnc2)c(C)c1. The Labute approximate surface area is 108 Å². The van der Waals surface area contributed by atoms with Gasteiger partial charge in [0.05, 0.1) is 6.10 Å². The Bertz CT molecular complexity index is 511. The Hall–Kier alpha value is -1.67. The van der Waals surface area contributed by atoms with Crippen LogP contribution in [0.3, 0.4) is 0 Å². The van der Waals surface area contributed by atoms with Gasteiger partial charge in [-0.25, -0.2) is 0 Å². The summed E-state index contributed by atoms with van der Waals surface area (Å²) in [7, 11) is 0. The van der Waals surface area contributed by atoms with E-state index in [0.29, 0.717) is 6.42 Å². The number of aliphatic hydroxyl groups excluding tert-OH is 1. The fourth-order valence-corrected chi connectivity index (χ4v) is 2.56. The Balaban J connectivity index is 2.27. The van der Waals surface area contributed by atoms with E-state index in [9.17, 15) is 5.11 Å². The molecular formula is C16H19NO. The van der Waals surface area contributed by atoms with Crippen molar-refractivity contribution in [1.82, 2.24) is 4.98 Å². The van der Waals surface area contributed by atoms with E-state index in [0.717, 1.165) is 22.3 Å². The molecule has 0 saturated heterocycles. The first-order valence-electron chi connectivity index (χ1n) is 6.22. The van der Waals surface area contributed by atoms with Crippen molar-refractivity contribution in [3.8, 4) is 0 Å². The maximum atomic E-state index is 10.4. The number of rotatable bonds is 3. The van der Waals surface area contributed by atoms with Gasteiger partial charge in [-0.1, -0.05) is 23.8 Å². The number of pyridine rings is 1.